The van der Waals surface area contributed by atoms with Crippen LogP contribution in [0.2, 0.25) is 0 Å². The van der Waals surface area contributed by atoms with Crippen molar-refractivity contribution in [1.29, 1.82) is 0 Å². The van der Waals surface area contributed by atoms with E-state index in [4.69, 9.17) is 0 Å². The molecule has 0 saturated carbocycles. The van der Waals surface area contributed by atoms with Gasteiger partial charge in [-0.3, -0.25) is 9.59 Å². The summed E-state index contributed by atoms with van der Waals surface area (Å²) >= 11 is 0. The molecule has 1 unspecified atom stereocenters. The molecular formula is C17H18N4O3. The average molecular weight is 326 g/mol. The van der Waals surface area contributed by atoms with E-state index >= 15 is 0 Å². The van der Waals surface area contributed by atoms with E-state index < -0.39 is 11.4 Å². The summed E-state index contributed by atoms with van der Waals surface area (Å²) in [6.07, 6.45) is 3.58. The molecule has 1 aliphatic heterocycles. The average Bonchev–Trinajstić information content (AvgIpc) is 3.23. The number of carboxylic acids is 1. The number of nitrogens with zero attached hydrogens (tertiary/aromatic N) is 4. The molecule has 7 heteroatoms. The SMILES string of the molecule is C=CCn1cc(C(=O)N2CCC(C(=O)O)(c3ccccc3)C2)nn1. The van der Waals surface area contributed by atoms with Gasteiger partial charge >= 0.3 is 5.97 Å². The number of hydrogen-bond donors (Lipinski definition) is 1. The minimum atomic E-state index is -1.08. The van der Waals surface area contributed by atoms with Crippen molar-refractivity contribution in [3.63, 3.8) is 0 Å². The van der Waals surface area contributed by atoms with Crippen LogP contribution in [0.15, 0.2) is 49.2 Å². The van der Waals surface area contributed by atoms with Crippen LogP contribution in [0.5, 0.6) is 0 Å². The minimum Gasteiger partial charge on any atom is -0.481 e. The lowest BCUT2D eigenvalue weighted by Gasteiger charge is -2.25. The predicted octanol–water partition coefficient (Wildman–Crippen LogP) is 1.33. The highest BCUT2D eigenvalue weighted by atomic mass is 16.4. The monoisotopic (exact) mass is 326 g/mol. The third-order valence-corrected chi connectivity index (χ3v) is 4.37. The van der Waals surface area contributed by atoms with Crippen LogP contribution in [-0.2, 0) is 16.8 Å². The summed E-state index contributed by atoms with van der Waals surface area (Å²) in [5.41, 5.74) is -0.150. The molecule has 1 saturated heterocycles. The minimum absolute atomic E-state index is 0.125. The molecule has 0 aliphatic carbocycles. The fraction of sp³-hybridized carbons (Fsp3) is 0.294. The second-order valence-corrected chi connectivity index (χ2v) is 5.84. The van der Waals surface area contributed by atoms with Crippen molar-refractivity contribution in [2.75, 3.05) is 13.1 Å². The summed E-state index contributed by atoms with van der Waals surface area (Å²) in [7, 11) is 0. The first-order chi connectivity index (χ1) is 11.6. The molecule has 7 nitrogen and oxygen atoms in total. The van der Waals surface area contributed by atoms with Crippen molar-refractivity contribution in [1.82, 2.24) is 19.9 Å². The Morgan fingerprint density at radius 3 is 2.75 bits per heavy atom. The summed E-state index contributed by atoms with van der Waals surface area (Å²) in [4.78, 5) is 26.1. The highest BCUT2D eigenvalue weighted by Gasteiger charge is 2.47. The van der Waals surface area contributed by atoms with Crippen molar-refractivity contribution in [3.8, 4) is 0 Å². The Balaban J connectivity index is 1.83. The Labute approximate surface area is 139 Å². The normalized spacial score (nSPS) is 20.1. The molecule has 124 valence electrons. The quantitative estimate of drug-likeness (QED) is 0.838. The zero-order valence-electron chi connectivity index (χ0n) is 13.1. The number of amides is 1. The summed E-state index contributed by atoms with van der Waals surface area (Å²) in [5, 5.41) is 17.5. The highest BCUT2D eigenvalue weighted by Crippen LogP contribution is 2.35. The topological polar surface area (TPSA) is 88.3 Å². The largest absolute Gasteiger partial charge is 0.481 e. The molecule has 0 radical (unpaired) electrons. The molecule has 2 aromatic rings. The highest BCUT2D eigenvalue weighted by molar-refractivity contribution is 5.93. The van der Waals surface area contributed by atoms with Crippen LogP contribution in [-0.4, -0.2) is 50.0 Å². The lowest BCUT2D eigenvalue weighted by molar-refractivity contribution is -0.143. The second kappa shape index (κ2) is 6.27. The summed E-state index contributed by atoms with van der Waals surface area (Å²) in [5.74, 6) is -1.22. The summed E-state index contributed by atoms with van der Waals surface area (Å²) < 4.78 is 1.51. The number of likely N-dealkylation sites (tertiary alicyclic amines) is 1. The lowest BCUT2D eigenvalue weighted by atomic mass is 9.80. The first-order valence-electron chi connectivity index (χ1n) is 7.66. The van der Waals surface area contributed by atoms with Gasteiger partial charge in [0.1, 0.15) is 5.41 Å². The van der Waals surface area contributed by atoms with Gasteiger partial charge in [-0.1, -0.05) is 41.6 Å². The second-order valence-electron chi connectivity index (χ2n) is 5.84. The van der Waals surface area contributed by atoms with E-state index in [2.05, 4.69) is 16.9 Å². The first kappa shape index (κ1) is 15.9. The Kier molecular flexibility index (Phi) is 4.16. The first-order valence-corrected chi connectivity index (χ1v) is 7.66. The van der Waals surface area contributed by atoms with Crippen molar-refractivity contribution in [2.24, 2.45) is 0 Å². The van der Waals surface area contributed by atoms with Gasteiger partial charge in [-0.2, -0.15) is 0 Å². The number of benzene rings is 1. The van der Waals surface area contributed by atoms with Gasteiger partial charge in [-0.15, -0.1) is 11.7 Å². The van der Waals surface area contributed by atoms with Gasteiger partial charge < -0.3 is 10.0 Å². The molecule has 0 bridgehead atoms. The lowest BCUT2D eigenvalue weighted by Crippen LogP contribution is -2.40. The number of allylic oxidation sites excluding steroid dienone is 1. The van der Waals surface area contributed by atoms with Gasteiger partial charge in [0.05, 0.1) is 12.7 Å². The molecule has 1 aliphatic rings. The van der Waals surface area contributed by atoms with Gasteiger partial charge in [-0.05, 0) is 12.0 Å². The maximum atomic E-state index is 12.6. The van der Waals surface area contributed by atoms with E-state index in [-0.39, 0.29) is 18.1 Å². The number of hydrogen-bond acceptors (Lipinski definition) is 4. The van der Waals surface area contributed by atoms with Gasteiger partial charge in [0.15, 0.2) is 5.69 Å². The van der Waals surface area contributed by atoms with Crippen LogP contribution in [0.4, 0.5) is 0 Å². The summed E-state index contributed by atoms with van der Waals surface area (Å²) in [6, 6.07) is 9.05. The Morgan fingerprint density at radius 1 is 1.33 bits per heavy atom. The number of carbonyl (C=O) groups is 2. The molecule has 1 aromatic heterocycles. The van der Waals surface area contributed by atoms with Crippen molar-refractivity contribution >= 4 is 11.9 Å². The van der Waals surface area contributed by atoms with E-state index in [9.17, 15) is 14.7 Å². The van der Waals surface area contributed by atoms with Gasteiger partial charge in [-0.25, -0.2) is 4.68 Å². The molecule has 0 spiro atoms. The standard InChI is InChI=1S/C17H18N4O3/c1-2-9-21-11-14(18-19-21)15(22)20-10-8-17(12-20,16(23)24)13-6-4-3-5-7-13/h2-7,11H,1,8-10,12H2,(H,23,24). The van der Waals surface area contributed by atoms with Gasteiger partial charge in [0, 0.05) is 13.1 Å². The van der Waals surface area contributed by atoms with Crippen LogP contribution in [0.3, 0.4) is 0 Å². The smallest absolute Gasteiger partial charge is 0.316 e. The van der Waals surface area contributed by atoms with Crippen molar-refractivity contribution in [2.45, 2.75) is 18.4 Å². The molecule has 1 aromatic carbocycles. The molecule has 1 atom stereocenters. The molecule has 2 heterocycles. The van der Waals surface area contributed by atoms with E-state index in [1.54, 1.807) is 24.4 Å². The van der Waals surface area contributed by atoms with Gasteiger partial charge in [0.2, 0.25) is 0 Å². The number of aliphatic carboxylic acids is 1. The molecule has 1 amide bonds. The van der Waals surface area contributed by atoms with E-state index in [0.29, 0.717) is 25.1 Å². The summed E-state index contributed by atoms with van der Waals surface area (Å²) in [6.45, 7) is 4.57. The van der Waals surface area contributed by atoms with Crippen molar-refractivity contribution in [3.05, 3.63) is 60.4 Å². The van der Waals surface area contributed by atoms with Crippen LogP contribution >= 0.6 is 0 Å². The third kappa shape index (κ3) is 2.68. The molecule has 24 heavy (non-hydrogen) atoms. The number of aromatic nitrogens is 3. The third-order valence-electron chi connectivity index (χ3n) is 4.37. The fourth-order valence-corrected chi connectivity index (χ4v) is 3.05. The maximum absolute atomic E-state index is 12.6. The molecule has 3 rings (SSSR count). The molecular weight excluding hydrogens is 308 g/mol. The molecule has 1 N–H and O–H groups in total. The van der Waals surface area contributed by atoms with Crippen LogP contribution in [0.25, 0.3) is 0 Å². The van der Waals surface area contributed by atoms with E-state index in [1.807, 2.05) is 18.2 Å². The Hall–Kier alpha value is -2.96. The number of carbonyl (C=O) groups excluding carboxylic acids is 1. The predicted molar refractivity (Wildman–Crippen MR) is 86.5 cm³/mol. The van der Waals surface area contributed by atoms with Gasteiger partial charge in [0.25, 0.3) is 5.91 Å². The fourth-order valence-electron chi connectivity index (χ4n) is 3.05. The maximum Gasteiger partial charge on any atom is 0.316 e. The van der Waals surface area contributed by atoms with Crippen LogP contribution < -0.4 is 0 Å². The van der Waals surface area contributed by atoms with E-state index in [0.717, 1.165) is 0 Å². The van der Waals surface area contributed by atoms with Crippen LogP contribution in [0, 0.1) is 0 Å². The Bertz CT molecular complexity index is 771. The van der Waals surface area contributed by atoms with E-state index in [1.165, 1.54) is 9.58 Å². The number of carboxylic acid groups (broad SMARTS) is 1. The molecule has 1 fully saturated rings. The zero-order chi connectivity index (χ0) is 17.2. The zero-order valence-corrected chi connectivity index (χ0v) is 13.1. The number of rotatable bonds is 5. The van der Waals surface area contributed by atoms with Crippen molar-refractivity contribution < 1.29 is 14.7 Å². The Morgan fingerprint density at radius 2 is 2.08 bits per heavy atom. The van der Waals surface area contributed by atoms with Crippen LogP contribution in [0.1, 0.15) is 22.5 Å².